The first-order valence-electron chi connectivity index (χ1n) is 10.2. The number of benzene rings is 3. The summed E-state index contributed by atoms with van der Waals surface area (Å²) in [5.41, 5.74) is 3.41. The molecule has 0 aromatic heterocycles. The minimum atomic E-state index is -0.784. The number of rotatable bonds is 6. The second-order valence-corrected chi connectivity index (χ2v) is 7.97. The molecule has 0 aliphatic carbocycles. The number of amides is 3. The van der Waals surface area contributed by atoms with Crippen LogP contribution in [-0.2, 0) is 19.1 Å². The Kier molecular flexibility index (Phi) is 6.55. The Morgan fingerprint density at radius 1 is 1.00 bits per heavy atom. The van der Waals surface area contributed by atoms with Crippen LogP contribution in [0.4, 0.5) is 5.69 Å². The van der Waals surface area contributed by atoms with Gasteiger partial charge in [0.25, 0.3) is 11.8 Å². The third kappa shape index (κ3) is 5.30. The lowest BCUT2D eigenvalue weighted by Gasteiger charge is -2.17. The number of fused-ring (bicyclic) bond motifs is 1. The summed E-state index contributed by atoms with van der Waals surface area (Å²) >= 11 is 5.81. The number of esters is 1. The zero-order valence-corrected chi connectivity index (χ0v) is 18.2. The topological polar surface area (TPSA) is 105 Å². The second kappa shape index (κ2) is 9.70. The molecule has 2 N–H and O–H groups in total. The van der Waals surface area contributed by atoms with Crippen molar-refractivity contribution in [2.75, 3.05) is 18.5 Å². The Bertz CT molecular complexity index is 1220. The van der Waals surface area contributed by atoms with Crippen molar-refractivity contribution in [3.8, 4) is 0 Å². The van der Waals surface area contributed by atoms with Crippen LogP contribution >= 0.6 is 11.6 Å². The summed E-state index contributed by atoms with van der Waals surface area (Å²) in [4.78, 5) is 49.2. The zero-order valence-electron chi connectivity index (χ0n) is 17.4. The van der Waals surface area contributed by atoms with Gasteiger partial charge in [-0.1, -0.05) is 48.0 Å². The molecule has 9 heteroatoms. The predicted octanol–water partition coefficient (Wildman–Crippen LogP) is 3.17. The number of hydrogen-bond acceptors (Lipinski definition) is 5. The number of carbonyl (C=O) groups excluding carboxylic acids is 4. The third-order valence-corrected chi connectivity index (χ3v) is 5.46. The first kappa shape index (κ1) is 22.3. The van der Waals surface area contributed by atoms with Gasteiger partial charge in [-0.2, -0.15) is 0 Å². The van der Waals surface area contributed by atoms with E-state index in [4.69, 9.17) is 16.3 Å². The number of carbonyl (C=O) groups is 4. The summed E-state index contributed by atoms with van der Waals surface area (Å²) in [5, 5.41) is 6.14. The molecule has 4 rings (SSSR count). The standard InChI is InChI=1S/C24H20ClN3O5/c25-18-10-8-16(9-11-18)23(31)27-28-13-17(12-22(28)30)24(32)33-14-21(29)26-20-7-3-5-15-4-1-2-6-19(15)20/h1-11,17H,12-14H2,(H,26,29)(H,27,31)/t17-/m0/s1. The van der Waals surface area contributed by atoms with Crippen LogP contribution in [0.5, 0.6) is 0 Å². The van der Waals surface area contributed by atoms with Crippen molar-refractivity contribution in [3.05, 3.63) is 77.3 Å². The predicted molar refractivity (Wildman–Crippen MR) is 122 cm³/mol. The molecular formula is C24H20ClN3O5. The van der Waals surface area contributed by atoms with Gasteiger partial charge < -0.3 is 10.1 Å². The average Bonchev–Trinajstić information content (AvgIpc) is 3.18. The van der Waals surface area contributed by atoms with Gasteiger partial charge in [-0.15, -0.1) is 0 Å². The molecule has 1 saturated heterocycles. The van der Waals surface area contributed by atoms with Crippen LogP contribution in [0.1, 0.15) is 16.8 Å². The van der Waals surface area contributed by atoms with Gasteiger partial charge in [0, 0.05) is 28.1 Å². The molecule has 0 bridgehead atoms. The van der Waals surface area contributed by atoms with Gasteiger partial charge in [-0.3, -0.25) is 29.6 Å². The zero-order chi connectivity index (χ0) is 23.4. The minimum Gasteiger partial charge on any atom is -0.455 e. The minimum absolute atomic E-state index is 0.0397. The fourth-order valence-corrected chi connectivity index (χ4v) is 3.66. The van der Waals surface area contributed by atoms with Gasteiger partial charge in [0.2, 0.25) is 5.91 Å². The Morgan fingerprint density at radius 3 is 2.52 bits per heavy atom. The average molecular weight is 466 g/mol. The largest absolute Gasteiger partial charge is 0.455 e. The van der Waals surface area contributed by atoms with E-state index < -0.39 is 36.2 Å². The maximum atomic E-state index is 12.4. The maximum Gasteiger partial charge on any atom is 0.311 e. The normalized spacial score (nSPS) is 15.4. The third-order valence-electron chi connectivity index (χ3n) is 5.21. The SMILES string of the molecule is O=C(COC(=O)[C@H]1CC(=O)N(NC(=O)c2ccc(Cl)cc2)C1)Nc1cccc2ccccc12. The van der Waals surface area contributed by atoms with E-state index in [1.54, 1.807) is 18.2 Å². The molecule has 168 valence electrons. The second-order valence-electron chi connectivity index (χ2n) is 7.54. The van der Waals surface area contributed by atoms with Crippen molar-refractivity contribution in [3.63, 3.8) is 0 Å². The van der Waals surface area contributed by atoms with Crippen molar-refractivity contribution in [1.29, 1.82) is 0 Å². The van der Waals surface area contributed by atoms with Gasteiger partial charge >= 0.3 is 5.97 Å². The van der Waals surface area contributed by atoms with Crippen LogP contribution in [-0.4, -0.2) is 41.9 Å². The molecule has 1 aliphatic heterocycles. The van der Waals surface area contributed by atoms with Crippen LogP contribution in [0, 0.1) is 5.92 Å². The summed E-state index contributed by atoms with van der Waals surface area (Å²) < 4.78 is 5.11. The van der Waals surface area contributed by atoms with Crippen LogP contribution < -0.4 is 10.7 Å². The molecule has 0 saturated carbocycles. The van der Waals surface area contributed by atoms with E-state index in [0.29, 0.717) is 16.3 Å². The number of anilines is 1. The molecule has 1 atom stereocenters. The molecule has 1 heterocycles. The van der Waals surface area contributed by atoms with Crippen molar-refractivity contribution in [1.82, 2.24) is 10.4 Å². The first-order valence-corrected chi connectivity index (χ1v) is 10.6. The van der Waals surface area contributed by atoms with Crippen LogP contribution in [0.3, 0.4) is 0 Å². The molecule has 8 nitrogen and oxygen atoms in total. The smallest absolute Gasteiger partial charge is 0.311 e. The fraction of sp³-hybridized carbons (Fsp3) is 0.167. The Hall–Kier alpha value is -3.91. The van der Waals surface area contributed by atoms with E-state index in [-0.39, 0.29) is 13.0 Å². The molecule has 0 unspecified atom stereocenters. The lowest BCUT2D eigenvalue weighted by Crippen LogP contribution is -2.43. The number of nitrogens with one attached hydrogen (secondary N) is 2. The lowest BCUT2D eigenvalue weighted by molar-refractivity contribution is -0.151. The van der Waals surface area contributed by atoms with Crippen molar-refractivity contribution in [2.45, 2.75) is 6.42 Å². The van der Waals surface area contributed by atoms with E-state index in [9.17, 15) is 19.2 Å². The van der Waals surface area contributed by atoms with Gasteiger partial charge in [-0.05, 0) is 35.7 Å². The van der Waals surface area contributed by atoms with Crippen LogP contribution in [0.2, 0.25) is 5.02 Å². The fourth-order valence-electron chi connectivity index (χ4n) is 3.54. The molecule has 0 radical (unpaired) electrons. The molecule has 33 heavy (non-hydrogen) atoms. The molecule has 1 aliphatic rings. The molecule has 3 aromatic carbocycles. The molecular weight excluding hydrogens is 446 g/mol. The highest BCUT2D eigenvalue weighted by Crippen LogP contribution is 2.23. The van der Waals surface area contributed by atoms with Gasteiger partial charge in [-0.25, -0.2) is 0 Å². The summed E-state index contributed by atoms with van der Waals surface area (Å²) in [7, 11) is 0. The number of hydrogen-bond donors (Lipinski definition) is 2. The van der Waals surface area contributed by atoms with E-state index >= 15 is 0 Å². The maximum absolute atomic E-state index is 12.4. The first-order chi connectivity index (χ1) is 15.9. The molecule has 3 amide bonds. The van der Waals surface area contributed by atoms with E-state index in [0.717, 1.165) is 15.8 Å². The summed E-state index contributed by atoms with van der Waals surface area (Å²) in [6, 6.07) is 19.3. The Labute approximate surface area is 194 Å². The number of nitrogens with zero attached hydrogens (tertiary/aromatic N) is 1. The van der Waals surface area contributed by atoms with Crippen LogP contribution in [0.25, 0.3) is 10.8 Å². The van der Waals surface area contributed by atoms with Gasteiger partial charge in [0.15, 0.2) is 6.61 Å². The van der Waals surface area contributed by atoms with Gasteiger partial charge in [0.1, 0.15) is 0 Å². The van der Waals surface area contributed by atoms with E-state index in [1.807, 2.05) is 36.4 Å². The summed E-state index contributed by atoms with van der Waals surface area (Å²) in [5.74, 6) is -2.87. The van der Waals surface area contributed by atoms with Crippen molar-refractivity contribution < 1.29 is 23.9 Å². The Balaban J connectivity index is 1.29. The monoisotopic (exact) mass is 465 g/mol. The van der Waals surface area contributed by atoms with Crippen molar-refractivity contribution in [2.24, 2.45) is 5.92 Å². The number of halogens is 1. The highest BCUT2D eigenvalue weighted by Gasteiger charge is 2.36. The summed E-state index contributed by atoms with van der Waals surface area (Å²) in [6.45, 7) is -0.522. The van der Waals surface area contributed by atoms with E-state index in [2.05, 4.69) is 10.7 Å². The molecule has 0 spiro atoms. The number of ether oxygens (including phenoxy) is 1. The highest BCUT2D eigenvalue weighted by atomic mass is 35.5. The lowest BCUT2D eigenvalue weighted by atomic mass is 10.1. The summed E-state index contributed by atoms with van der Waals surface area (Å²) in [6.07, 6.45) is -0.120. The molecule has 1 fully saturated rings. The quantitative estimate of drug-likeness (QED) is 0.544. The molecule has 3 aromatic rings. The number of hydrazine groups is 1. The van der Waals surface area contributed by atoms with Gasteiger partial charge in [0.05, 0.1) is 12.5 Å². The van der Waals surface area contributed by atoms with Crippen LogP contribution in [0.15, 0.2) is 66.7 Å². The van der Waals surface area contributed by atoms with E-state index in [1.165, 1.54) is 12.1 Å². The highest BCUT2D eigenvalue weighted by molar-refractivity contribution is 6.30. The van der Waals surface area contributed by atoms with Crippen molar-refractivity contribution >= 4 is 51.8 Å². The Morgan fingerprint density at radius 2 is 1.73 bits per heavy atom.